The summed E-state index contributed by atoms with van der Waals surface area (Å²) in [5.74, 6) is 0.302. The number of nitrogen functional groups attached to an aromatic ring is 1. The van der Waals surface area contributed by atoms with E-state index in [2.05, 4.69) is 6.92 Å². The molecule has 0 aliphatic carbocycles. The van der Waals surface area contributed by atoms with Crippen LogP contribution >= 0.6 is 11.3 Å². The molecule has 1 heterocycles. The van der Waals surface area contributed by atoms with Crippen molar-refractivity contribution in [1.82, 2.24) is 0 Å². The van der Waals surface area contributed by atoms with Crippen LogP contribution in [0.25, 0.3) is 10.1 Å². The Balaban J connectivity index is 2.76. The van der Waals surface area contributed by atoms with Crippen molar-refractivity contribution in [3.63, 3.8) is 0 Å². The number of phenols is 1. The average molecular weight is 193 g/mol. The quantitative estimate of drug-likeness (QED) is 0.731. The molecule has 68 valence electrons. The van der Waals surface area contributed by atoms with Crippen LogP contribution in [0.2, 0.25) is 0 Å². The molecule has 0 aliphatic rings. The summed E-state index contributed by atoms with van der Waals surface area (Å²) in [5, 5.41) is 10.3. The monoisotopic (exact) mass is 193 g/mol. The number of hydrogen-bond donors (Lipinski definition) is 2. The largest absolute Gasteiger partial charge is 0.508 e. The smallest absolute Gasteiger partial charge is 0.117 e. The van der Waals surface area contributed by atoms with Crippen LogP contribution < -0.4 is 5.73 Å². The summed E-state index contributed by atoms with van der Waals surface area (Å²) in [7, 11) is 0. The minimum absolute atomic E-state index is 0.302. The first-order valence-electron chi connectivity index (χ1n) is 4.22. The maximum Gasteiger partial charge on any atom is 0.117 e. The highest BCUT2D eigenvalue weighted by atomic mass is 32.1. The zero-order valence-corrected chi connectivity index (χ0v) is 8.19. The summed E-state index contributed by atoms with van der Waals surface area (Å²) < 4.78 is 1.06. The lowest BCUT2D eigenvalue weighted by molar-refractivity contribution is 0.476. The molecule has 0 saturated heterocycles. The van der Waals surface area contributed by atoms with Crippen molar-refractivity contribution in [2.45, 2.75) is 13.3 Å². The third-order valence-electron chi connectivity index (χ3n) is 2.11. The molecular weight excluding hydrogens is 182 g/mol. The lowest BCUT2D eigenvalue weighted by Gasteiger charge is -1.93. The number of thiophene rings is 1. The van der Waals surface area contributed by atoms with E-state index < -0.39 is 0 Å². The van der Waals surface area contributed by atoms with Crippen molar-refractivity contribution >= 4 is 27.1 Å². The predicted molar refractivity (Wildman–Crippen MR) is 57.3 cm³/mol. The zero-order chi connectivity index (χ0) is 9.42. The second kappa shape index (κ2) is 2.92. The van der Waals surface area contributed by atoms with Crippen LogP contribution in [0.15, 0.2) is 18.2 Å². The van der Waals surface area contributed by atoms with Gasteiger partial charge in [0.2, 0.25) is 0 Å². The molecular formula is C10H11NOS. The van der Waals surface area contributed by atoms with Gasteiger partial charge in [-0.15, -0.1) is 11.3 Å². The zero-order valence-electron chi connectivity index (χ0n) is 7.37. The standard InChI is InChI=1S/C10H11NOS/c1-2-8-10(11)7-4-3-6(12)5-9(7)13-8/h3-5,12H,2,11H2,1H3. The third-order valence-corrected chi connectivity index (χ3v) is 3.42. The molecule has 0 radical (unpaired) electrons. The Hall–Kier alpha value is -1.22. The van der Waals surface area contributed by atoms with Gasteiger partial charge in [0.15, 0.2) is 0 Å². The highest BCUT2D eigenvalue weighted by Crippen LogP contribution is 2.35. The molecule has 0 bridgehead atoms. The van der Waals surface area contributed by atoms with Crippen molar-refractivity contribution < 1.29 is 5.11 Å². The van der Waals surface area contributed by atoms with E-state index in [1.165, 1.54) is 4.88 Å². The van der Waals surface area contributed by atoms with E-state index in [0.29, 0.717) is 5.75 Å². The Morgan fingerprint density at radius 3 is 2.92 bits per heavy atom. The molecule has 2 aromatic rings. The fourth-order valence-corrected chi connectivity index (χ4v) is 2.52. The SMILES string of the molecule is CCc1sc2cc(O)ccc2c1N. The number of rotatable bonds is 1. The van der Waals surface area contributed by atoms with Crippen molar-refractivity contribution in [3.8, 4) is 5.75 Å². The van der Waals surface area contributed by atoms with Gasteiger partial charge in [-0.2, -0.15) is 0 Å². The number of anilines is 1. The second-order valence-corrected chi connectivity index (χ2v) is 4.11. The first-order chi connectivity index (χ1) is 6.22. The Kier molecular flexibility index (Phi) is 1.88. The van der Waals surface area contributed by atoms with Gasteiger partial charge < -0.3 is 10.8 Å². The normalized spacial score (nSPS) is 10.8. The lowest BCUT2D eigenvalue weighted by atomic mass is 10.2. The average Bonchev–Trinajstić information content (AvgIpc) is 2.42. The summed E-state index contributed by atoms with van der Waals surface area (Å²) in [6.45, 7) is 2.08. The minimum atomic E-state index is 0.302. The Labute approximate surface area is 80.6 Å². The van der Waals surface area contributed by atoms with Crippen molar-refractivity contribution in [3.05, 3.63) is 23.1 Å². The first-order valence-corrected chi connectivity index (χ1v) is 5.04. The molecule has 0 atom stereocenters. The van der Waals surface area contributed by atoms with Crippen LogP contribution in [0.1, 0.15) is 11.8 Å². The predicted octanol–water partition coefficient (Wildman–Crippen LogP) is 2.75. The van der Waals surface area contributed by atoms with Gasteiger partial charge in [0.05, 0.1) is 5.69 Å². The third kappa shape index (κ3) is 1.25. The molecule has 0 aliphatic heterocycles. The number of phenolic OH excluding ortho intramolecular Hbond substituents is 1. The molecule has 2 rings (SSSR count). The molecule has 0 spiro atoms. The number of hydrogen-bond acceptors (Lipinski definition) is 3. The van der Waals surface area contributed by atoms with Gasteiger partial charge in [-0.3, -0.25) is 0 Å². The van der Waals surface area contributed by atoms with Gasteiger partial charge in [0, 0.05) is 15.0 Å². The van der Waals surface area contributed by atoms with Crippen molar-refractivity contribution in [1.29, 1.82) is 0 Å². The van der Waals surface area contributed by atoms with E-state index in [-0.39, 0.29) is 0 Å². The van der Waals surface area contributed by atoms with Crippen molar-refractivity contribution in [2.75, 3.05) is 5.73 Å². The topological polar surface area (TPSA) is 46.2 Å². The number of benzene rings is 1. The molecule has 0 saturated carbocycles. The highest BCUT2D eigenvalue weighted by Gasteiger charge is 2.07. The molecule has 3 N–H and O–H groups in total. The minimum Gasteiger partial charge on any atom is -0.508 e. The summed E-state index contributed by atoms with van der Waals surface area (Å²) in [4.78, 5) is 1.20. The first kappa shape index (κ1) is 8.38. The van der Waals surface area contributed by atoms with Crippen LogP contribution in [0.4, 0.5) is 5.69 Å². The van der Waals surface area contributed by atoms with E-state index in [1.807, 2.05) is 6.07 Å². The Morgan fingerprint density at radius 2 is 2.23 bits per heavy atom. The fourth-order valence-electron chi connectivity index (χ4n) is 1.42. The van der Waals surface area contributed by atoms with E-state index in [4.69, 9.17) is 5.73 Å². The Morgan fingerprint density at radius 1 is 1.46 bits per heavy atom. The molecule has 0 unspecified atom stereocenters. The number of fused-ring (bicyclic) bond motifs is 1. The fraction of sp³-hybridized carbons (Fsp3) is 0.200. The molecule has 2 nitrogen and oxygen atoms in total. The summed E-state index contributed by atoms with van der Waals surface area (Å²) in [6.07, 6.45) is 0.950. The van der Waals surface area contributed by atoms with Crippen molar-refractivity contribution in [2.24, 2.45) is 0 Å². The van der Waals surface area contributed by atoms with E-state index in [0.717, 1.165) is 22.2 Å². The molecule has 1 aromatic carbocycles. The van der Waals surface area contributed by atoms with E-state index in [9.17, 15) is 5.11 Å². The van der Waals surface area contributed by atoms with Crippen LogP contribution in [0.5, 0.6) is 5.75 Å². The maximum absolute atomic E-state index is 9.27. The number of aromatic hydroxyl groups is 1. The molecule has 0 amide bonds. The summed E-state index contributed by atoms with van der Waals surface area (Å²) in [5.41, 5.74) is 6.79. The lowest BCUT2D eigenvalue weighted by Crippen LogP contribution is -1.86. The number of nitrogens with two attached hydrogens (primary N) is 1. The molecule has 13 heavy (non-hydrogen) atoms. The molecule has 3 heteroatoms. The van der Waals surface area contributed by atoms with Crippen LogP contribution in [0.3, 0.4) is 0 Å². The maximum atomic E-state index is 9.27. The second-order valence-electron chi connectivity index (χ2n) is 2.97. The van der Waals surface area contributed by atoms with Gasteiger partial charge in [-0.05, 0) is 24.6 Å². The Bertz CT molecular complexity index is 447. The van der Waals surface area contributed by atoms with E-state index >= 15 is 0 Å². The highest BCUT2D eigenvalue weighted by molar-refractivity contribution is 7.19. The molecule has 1 aromatic heterocycles. The van der Waals surface area contributed by atoms with Gasteiger partial charge in [0.1, 0.15) is 5.75 Å². The van der Waals surface area contributed by atoms with Crippen LogP contribution in [0, 0.1) is 0 Å². The van der Waals surface area contributed by atoms with Gasteiger partial charge in [0.25, 0.3) is 0 Å². The van der Waals surface area contributed by atoms with Gasteiger partial charge in [-0.25, -0.2) is 0 Å². The van der Waals surface area contributed by atoms with E-state index in [1.54, 1.807) is 23.5 Å². The van der Waals surface area contributed by atoms with Gasteiger partial charge in [-0.1, -0.05) is 6.92 Å². The van der Waals surface area contributed by atoms with Gasteiger partial charge >= 0.3 is 0 Å². The summed E-state index contributed by atoms with van der Waals surface area (Å²) in [6, 6.07) is 5.30. The van der Waals surface area contributed by atoms with Crippen LogP contribution in [-0.4, -0.2) is 5.11 Å². The molecule has 0 fully saturated rings. The van der Waals surface area contributed by atoms with Crippen LogP contribution in [-0.2, 0) is 6.42 Å². The number of aryl methyl sites for hydroxylation is 1. The summed E-state index contributed by atoms with van der Waals surface area (Å²) >= 11 is 1.65.